The van der Waals surface area contributed by atoms with Crippen molar-refractivity contribution in [2.45, 2.75) is 39.7 Å². The van der Waals surface area contributed by atoms with E-state index >= 15 is 0 Å². The van der Waals surface area contributed by atoms with Crippen LogP contribution in [0.15, 0.2) is 0 Å². The van der Waals surface area contributed by atoms with Crippen LogP contribution in [0.25, 0.3) is 0 Å². The lowest BCUT2D eigenvalue weighted by Gasteiger charge is -2.25. The van der Waals surface area contributed by atoms with E-state index in [1.807, 2.05) is 0 Å². The number of hydrogen-bond donors (Lipinski definition) is 1. The SMILES string of the molecule is CCOC(=O)CCC(=O)N(CC(N)=O)C(C)C. The van der Waals surface area contributed by atoms with Crippen molar-refractivity contribution in [3.63, 3.8) is 0 Å². The first-order chi connectivity index (χ1) is 7.88. The van der Waals surface area contributed by atoms with Gasteiger partial charge in [0.2, 0.25) is 11.8 Å². The largest absolute Gasteiger partial charge is 0.466 e. The molecule has 0 aromatic rings. The third kappa shape index (κ3) is 6.55. The molecule has 0 aromatic heterocycles. The van der Waals surface area contributed by atoms with Crippen LogP contribution in [-0.4, -0.2) is 41.9 Å². The zero-order valence-electron chi connectivity index (χ0n) is 10.6. The summed E-state index contributed by atoms with van der Waals surface area (Å²) < 4.78 is 4.71. The lowest BCUT2D eigenvalue weighted by molar-refractivity contribution is -0.146. The maximum atomic E-state index is 11.7. The second-order valence-electron chi connectivity index (χ2n) is 3.89. The number of nitrogens with zero attached hydrogens (tertiary/aromatic N) is 1. The highest BCUT2D eigenvalue weighted by Gasteiger charge is 2.19. The maximum absolute atomic E-state index is 11.7. The van der Waals surface area contributed by atoms with E-state index in [2.05, 4.69) is 0 Å². The molecule has 98 valence electrons. The van der Waals surface area contributed by atoms with Gasteiger partial charge >= 0.3 is 5.97 Å². The smallest absolute Gasteiger partial charge is 0.306 e. The summed E-state index contributed by atoms with van der Waals surface area (Å²) in [5, 5.41) is 0. The van der Waals surface area contributed by atoms with Gasteiger partial charge in [-0.25, -0.2) is 0 Å². The molecule has 0 rings (SSSR count). The zero-order valence-corrected chi connectivity index (χ0v) is 10.6. The zero-order chi connectivity index (χ0) is 13.4. The molecule has 0 radical (unpaired) electrons. The minimum absolute atomic E-state index is 0.0225. The molecule has 0 spiro atoms. The summed E-state index contributed by atoms with van der Waals surface area (Å²) in [6.07, 6.45) is 0.0545. The van der Waals surface area contributed by atoms with E-state index in [1.165, 1.54) is 4.90 Å². The molecule has 0 heterocycles. The fraction of sp³-hybridized carbons (Fsp3) is 0.727. The molecule has 0 saturated carbocycles. The van der Waals surface area contributed by atoms with Crippen molar-refractivity contribution in [3.8, 4) is 0 Å². The molecule has 0 atom stereocenters. The third-order valence-corrected chi connectivity index (χ3v) is 2.12. The first-order valence-electron chi connectivity index (χ1n) is 5.61. The van der Waals surface area contributed by atoms with Gasteiger partial charge < -0.3 is 15.4 Å². The van der Waals surface area contributed by atoms with Crippen molar-refractivity contribution in [1.82, 2.24) is 4.90 Å². The maximum Gasteiger partial charge on any atom is 0.306 e. The highest BCUT2D eigenvalue weighted by Crippen LogP contribution is 2.04. The number of nitrogens with two attached hydrogens (primary N) is 1. The number of ether oxygens (including phenoxy) is 1. The van der Waals surface area contributed by atoms with Crippen LogP contribution in [-0.2, 0) is 19.1 Å². The van der Waals surface area contributed by atoms with Gasteiger partial charge in [-0.3, -0.25) is 14.4 Å². The Morgan fingerprint density at radius 3 is 2.24 bits per heavy atom. The molecule has 0 bridgehead atoms. The van der Waals surface area contributed by atoms with Crippen LogP contribution in [0.3, 0.4) is 0 Å². The van der Waals surface area contributed by atoms with Gasteiger partial charge in [-0.05, 0) is 20.8 Å². The number of esters is 1. The Morgan fingerprint density at radius 1 is 1.24 bits per heavy atom. The Balaban J connectivity index is 4.24. The van der Waals surface area contributed by atoms with E-state index in [-0.39, 0.29) is 31.3 Å². The molecular weight excluding hydrogens is 224 g/mol. The average Bonchev–Trinajstić information content (AvgIpc) is 2.22. The van der Waals surface area contributed by atoms with E-state index in [0.29, 0.717) is 6.61 Å². The fourth-order valence-electron chi connectivity index (χ4n) is 1.31. The Morgan fingerprint density at radius 2 is 1.82 bits per heavy atom. The molecule has 6 heteroatoms. The summed E-state index contributed by atoms with van der Waals surface area (Å²) in [6, 6.07) is -0.128. The molecule has 0 fully saturated rings. The van der Waals surface area contributed by atoms with Crippen molar-refractivity contribution >= 4 is 17.8 Å². The second-order valence-corrected chi connectivity index (χ2v) is 3.89. The van der Waals surface area contributed by atoms with Crippen LogP contribution in [0.4, 0.5) is 0 Å². The van der Waals surface area contributed by atoms with Crippen molar-refractivity contribution in [3.05, 3.63) is 0 Å². The molecule has 2 amide bonds. The number of hydrogen-bond acceptors (Lipinski definition) is 4. The van der Waals surface area contributed by atoms with Crippen molar-refractivity contribution in [2.75, 3.05) is 13.2 Å². The van der Waals surface area contributed by atoms with Crippen molar-refractivity contribution < 1.29 is 19.1 Å². The van der Waals surface area contributed by atoms with E-state index in [1.54, 1.807) is 20.8 Å². The number of amides is 2. The summed E-state index contributed by atoms with van der Waals surface area (Å²) in [5.74, 6) is -1.25. The lowest BCUT2D eigenvalue weighted by atomic mass is 10.2. The van der Waals surface area contributed by atoms with Gasteiger partial charge in [-0.1, -0.05) is 0 Å². The third-order valence-electron chi connectivity index (χ3n) is 2.12. The predicted molar refractivity (Wildman–Crippen MR) is 61.9 cm³/mol. The van der Waals surface area contributed by atoms with E-state index in [9.17, 15) is 14.4 Å². The molecule has 2 N–H and O–H groups in total. The summed E-state index contributed by atoms with van der Waals surface area (Å²) in [5.41, 5.74) is 5.05. The molecular formula is C11H20N2O4. The number of carbonyl (C=O) groups excluding carboxylic acids is 3. The Labute approximate surface area is 101 Å². The highest BCUT2D eigenvalue weighted by molar-refractivity contribution is 5.86. The van der Waals surface area contributed by atoms with Gasteiger partial charge in [0, 0.05) is 12.5 Å². The summed E-state index contributed by atoms with van der Waals surface area (Å²) in [4.78, 5) is 35.0. The van der Waals surface area contributed by atoms with E-state index < -0.39 is 11.9 Å². The van der Waals surface area contributed by atoms with Crippen LogP contribution in [0.1, 0.15) is 33.6 Å². The van der Waals surface area contributed by atoms with Crippen LogP contribution < -0.4 is 5.73 Å². The van der Waals surface area contributed by atoms with Gasteiger partial charge in [0.1, 0.15) is 0 Å². The topological polar surface area (TPSA) is 89.7 Å². The molecule has 0 aliphatic heterocycles. The minimum atomic E-state index is -0.566. The Bertz CT molecular complexity index is 289. The molecule has 0 aliphatic rings. The van der Waals surface area contributed by atoms with E-state index in [0.717, 1.165) is 0 Å². The number of primary amides is 1. The molecule has 0 unspecified atom stereocenters. The lowest BCUT2D eigenvalue weighted by Crippen LogP contribution is -2.42. The van der Waals surface area contributed by atoms with Crippen LogP contribution in [0.2, 0.25) is 0 Å². The first kappa shape index (κ1) is 15.4. The predicted octanol–water partition coefficient (Wildman–Crippen LogP) is 0.0520. The van der Waals surface area contributed by atoms with Gasteiger partial charge in [0.05, 0.1) is 19.6 Å². The monoisotopic (exact) mass is 244 g/mol. The normalized spacial score (nSPS) is 10.1. The Kier molecular flexibility index (Phi) is 6.93. The van der Waals surface area contributed by atoms with Gasteiger partial charge in [-0.15, -0.1) is 0 Å². The number of rotatable bonds is 7. The van der Waals surface area contributed by atoms with E-state index in [4.69, 9.17) is 10.5 Å². The van der Waals surface area contributed by atoms with Crippen molar-refractivity contribution in [1.29, 1.82) is 0 Å². The van der Waals surface area contributed by atoms with Crippen LogP contribution in [0.5, 0.6) is 0 Å². The molecule has 0 aliphatic carbocycles. The van der Waals surface area contributed by atoms with Gasteiger partial charge in [0.25, 0.3) is 0 Å². The average molecular weight is 244 g/mol. The number of carbonyl (C=O) groups is 3. The highest BCUT2D eigenvalue weighted by atomic mass is 16.5. The summed E-state index contributed by atoms with van der Waals surface area (Å²) >= 11 is 0. The summed E-state index contributed by atoms with van der Waals surface area (Å²) in [6.45, 7) is 5.44. The molecule has 0 aromatic carbocycles. The fourth-order valence-corrected chi connectivity index (χ4v) is 1.31. The Hall–Kier alpha value is -1.59. The van der Waals surface area contributed by atoms with Gasteiger partial charge in [0.15, 0.2) is 0 Å². The standard InChI is InChI=1S/C11H20N2O4/c1-4-17-11(16)6-5-10(15)13(8(2)3)7-9(12)14/h8H,4-7H2,1-3H3,(H2,12,14). The van der Waals surface area contributed by atoms with Crippen LogP contribution in [0, 0.1) is 0 Å². The van der Waals surface area contributed by atoms with Gasteiger partial charge in [-0.2, -0.15) is 0 Å². The second kappa shape index (κ2) is 7.65. The van der Waals surface area contributed by atoms with Crippen LogP contribution >= 0.6 is 0 Å². The minimum Gasteiger partial charge on any atom is -0.466 e. The van der Waals surface area contributed by atoms with Crippen molar-refractivity contribution in [2.24, 2.45) is 5.73 Å². The summed E-state index contributed by atoms with van der Waals surface area (Å²) in [7, 11) is 0. The molecule has 17 heavy (non-hydrogen) atoms. The quantitative estimate of drug-likeness (QED) is 0.641. The molecule has 0 saturated heterocycles. The molecule has 6 nitrogen and oxygen atoms in total. The first-order valence-corrected chi connectivity index (χ1v) is 5.61.